The lowest BCUT2D eigenvalue weighted by Gasteiger charge is -2.24. The number of rotatable bonds is 14. The van der Waals surface area contributed by atoms with Gasteiger partial charge in [0.05, 0.1) is 0 Å². The van der Waals surface area contributed by atoms with Crippen LogP contribution in [0.2, 0.25) is 0 Å². The van der Waals surface area contributed by atoms with Gasteiger partial charge in [-0.15, -0.1) is 11.6 Å². The molecule has 0 saturated carbocycles. The quantitative estimate of drug-likeness (QED) is 0.316. The van der Waals surface area contributed by atoms with Gasteiger partial charge < -0.3 is 5.32 Å². The maximum Gasteiger partial charge on any atom is 0.0223 e. The predicted octanol–water partition coefficient (Wildman–Crippen LogP) is 5.76. The first-order valence-electron chi connectivity index (χ1n) is 8.39. The fraction of sp³-hybridized carbons (Fsp3) is 1.00. The van der Waals surface area contributed by atoms with Crippen molar-refractivity contribution < 1.29 is 0 Å². The molecule has 0 heterocycles. The van der Waals surface area contributed by atoms with Crippen molar-refractivity contribution in [3.8, 4) is 0 Å². The van der Waals surface area contributed by atoms with Crippen molar-refractivity contribution in [3.05, 3.63) is 0 Å². The molecule has 19 heavy (non-hydrogen) atoms. The second-order valence-corrected chi connectivity index (χ2v) is 6.99. The molecule has 0 saturated heterocycles. The lowest BCUT2D eigenvalue weighted by Crippen LogP contribution is -2.30. The molecule has 0 aromatic heterocycles. The molecule has 0 unspecified atom stereocenters. The fourth-order valence-electron chi connectivity index (χ4n) is 2.44. The van der Waals surface area contributed by atoms with Crippen molar-refractivity contribution in [1.29, 1.82) is 0 Å². The predicted molar refractivity (Wildman–Crippen MR) is 89.2 cm³/mol. The number of hydrogen-bond acceptors (Lipinski definition) is 1. The van der Waals surface area contributed by atoms with Gasteiger partial charge in [-0.2, -0.15) is 0 Å². The number of halogens is 1. The standard InChI is InChI=1S/C17H36ClN/c1-4-5-6-7-8-9-10-11-15-19-16-17(2,3)13-12-14-18/h19H,4-16H2,1-3H3. The summed E-state index contributed by atoms with van der Waals surface area (Å²) in [4.78, 5) is 0. The van der Waals surface area contributed by atoms with Gasteiger partial charge in [-0.3, -0.25) is 0 Å². The second kappa shape index (κ2) is 13.2. The maximum absolute atomic E-state index is 5.75. The average Bonchev–Trinajstić information content (AvgIpc) is 2.38. The minimum atomic E-state index is 0.398. The Morgan fingerprint density at radius 3 is 2.00 bits per heavy atom. The van der Waals surface area contributed by atoms with Crippen LogP contribution in [0.25, 0.3) is 0 Å². The summed E-state index contributed by atoms with van der Waals surface area (Å²) in [5.41, 5.74) is 0.398. The second-order valence-electron chi connectivity index (χ2n) is 6.61. The largest absolute Gasteiger partial charge is 0.316 e. The maximum atomic E-state index is 5.75. The summed E-state index contributed by atoms with van der Waals surface area (Å²) in [5.74, 6) is 0.793. The van der Waals surface area contributed by atoms with Gasteiger partial charge in [0.15, 0.2) is 0 Å². The van der Waals surface area contributed by atoms with Crippen molar-refractivity contribution in [3.63, 3.8) is 0 Å². The Balaban J connectivity index is 3.21. The van der Waals surface area contributed by atoms with Gasteiger partial charge in [0.25, 0.3) is 0 Å². The summed E-state index contributed by atoms with van der Waals surface area (Å²) in [6.07, 6.45) is 13.6. The lowest BCUT2D eigenvalue weighted by atomic mass is 9.88. The van der Waals surface area contributed by atoms with Crippen molar-refractivity contribution in [2.45, 2.75) is 85.0 Å². The topological polar surface area (TPSA) is 12.0 Å². The molecule has 0 rings (SSSR count). The monoisotopic (exact) mass is 289 g/mol. The zero-order valence-corrected chi connectivity index (χ0v) is 14.3. The van der Waals surface area contributed by atoms with Crippen molar-refractivity contribution in [2.24, 2.45) is 5.41 Å². The Labute approximate surface area is 126 Å². The van der Waals surface area contributed by atoms with Crippen molar-refractivity contribution in [1.82, 2.24) is 5.32 Å². The molecule has 1 N–H and O–H groups in total. The molecule has 0 aliphatic rings. The van der Waals surface area contributed by atoms with Crippen LogP contribution in [0.3, 0.4) is 0 Å². The Bertz CT molecular complexity index is 180. The van der Waals surface area contributed by atoms with E-state index in [1.165, 1.54) is 64.3 Å². The molecule has 0 aliphatic heterocycles. The summed E-state index contributed by atoms with van der Waals surface area (Å²) in [6.45, 7) is 9.25. The van der Waals surface area contributed by atoms with Gasteiger partial charge in [-0.1, -0.05) is 65.7 Å². The molecule has 0 fully saturated rings. The lowest BCUT2D eigenvalue weighted by molar-refractivity contribution is 0.311. The molecule has 0 atom stereocenters. The number of alkyl halides is 1. The molecular weight excluding hydrogens is 254 g/mol. The smallest absolute Gasteiger partial charge is 0.0223 e. The molecule has 0 spiro atoms. The molecule has 116 valence electrons. The molecule has 2 heteroatoms. The van der Waals surface area contributed by atoms with Crippen LogP contribution in [-0.4, -0.2) is 19.0 Å². The first-order valence-corrected chi connectivity index (χ1v) is 8.92. The third kappa shape index (κ3) is 14.5. The van der Waals surface area contributed by atoms with Crippen molar-refractivity contribution >= 4 is 11.6 Å². The van der Waals surface area contributed by atoms with Gasteiger partial charge in [-0.05, 0) is 31.2 Å². The van der Waals surface area contributed by atoms with E-state index >= 15 is 0 Å². The Morgan fingerprint density at radius 1 is 0.842 bits per heavy atom. The van der Waals surface area contributed by atoms with E-state index in [0.717, 1.165) is 18.8 Å². The van der Waals surface area contributed by atoms with Crippen LogP contribution in [0.5, 0.6) is 0 Å². The van der Waals surface area contributed by atoms with Crippen LogP contribution >= 0.6 is 11.6 Å². The third-order valence-electron chi connectivity index (χ3n) is 3.80. The Kier molecular flexibility index (Phi) is 13.4. The number of hydrogen-bond donors (Lipinski definition) is 1. The summed E-state index contributed by atoms with van der Waals surface area (Å²) < 4.78 is 0. The zero-order chi connectivity index (χ0) is 14.4. The molecule has 0 amide bonds. The Hall–Kier alpha value is 0.250. The minimum Gasteiger partial charge on any atom is -0.316 e. The molecule has 0 aromatic carbocycles. The summed E-state index contributed by atoms with van der Waals surface area (Å²) in [6, 6.07) is 0. The highest BCUT2D eigenvalue weighted by Gasteiger charge is 2.15. The molecule has 1 nitrogen and oxygen atoms in total. The first-order chi connectivity index (χ1) is 9.12. The van der Waals surface area contributed by atoms with Crippen LogP contribution in [0, 0.1) is 5.41 Å². The molecule has 0 aromatic rings. The summed E-state index contributed by atoms with van der Waals surface area (Å²) >= 11 is 5.75. The van der Waals surface area contributed by atoms with Crippen LogP contribution in [0.1, 0.15) is 85.0 Å². The van der Waals surface area contributed by atoms with Crippen molar-refractivity contribution in [2.75, 3.05) is 19.0 Å². The van der Waals surface area contributed by atoms with Gasteiger partial charge in [0.1, 0.15) is 0 Å². The zero-order valence-electron chi connectivity index (χ0n) is 13.6. The number of unbranched alkanes of at least 4 members (excludes halogenated alkanes) is 7. The molecule has 0 radical (unpaired) electrons. The van der Waals surface area contributed by atoms with Crippen LogP contribution < -0.4 is 5.32 Å². The van der Waals surface area contributed by atoms with Gasteiger partial charge >= 0.3 is 0 Å². The van der Waals surface area contributed by atoms with E-state index in [1.807, 2.05) is 0 Å². The minimum absolute atomic E-state index is 0.398. The van der Waals surface area contributed by atoms with Gasteiger partial charge in [0.2, 0.25) is 0 Å². The highest BCUT2D eigenvalue weighted by Crippen LogP contribution is 2.21. The highest BCUT2D eigenvalue weighted by atomic mass is 35.5. The van der Waals surface area contributed by atoms with E-state index in [2.05, 4.69) is 26.1 Å². The fourth-order valence-corrected chi connectivity index (χ4v) is 2.58. The molecule has 0 bridgehead atoms. The SMILES string of the molecule is CCCCCCCCCCNCC(C)(C)CCCCl. The van der Waals surface area contributed by atoms with E-state index in [4.69, 9.17) is 11.6 Å². The van der Waals surface area contributed by atoms with E-state index in [9.17, 15) is 0 Å². The first kappa shape index (κ1) is 19.2. The van der Waals surface area contributed by atoms with E-state index in [0.29, 0.717) is 5.41 Å². The van der Waals surface area contributed by atoms with E-state index in [-0.39, 0.29) is 0 Å². The highest BCUT2D eigenvalue weighted by molar-refractivity contribution is 6.17. The molecule has 0 aliphatic carbocycles. The average molecular weight is 290 g/mol. The normalized spacial score (nSPS) is 12.0. The summed E-state index contributed by atoms with van der Waals surface area (Å²) in [5, 5.41) is 3.60. The Morgan fingerprint density at radius 2 is 1.42 bits per heavy atom. The molecular formula is C17H36ClN. The van der Waals surface area contributed by atoms with Crippen LogP contribution in [0.4, 0.5) is 0 Å². The van der Waals surface area contributed by atoms with Crippen LogP contribution in [0.15, 0.2) is 0 Å². The summed E-state index contributed by atoms with van der Waals surface area (Å²) in [7, 11) is 0. The van der Waals surface area contributed by atoms with Gasteiger partial charge in [-0.25, -0.2) is 0 Å². The van der Waals surface area contributed by atoms with E-state index in [1.54, 1.807) is 0 Å². The van der Waals surface area contributed by atoms with E-state index < -0.39 is 0 Å². The third-order valence-corrected chi connectivity index (χ3v) is 4.07. The van der Waals surface area contributed by atoms with Gasteiger partial charge in [0, 0.05) is 12.4 Å². The number of nitrogens with one attached hydrogen (secondary N) is 1. The van der Waals surface area contributed by atoms with Crippen LogP contribution in [-0.2, 0) is 0 Å².